The molecule has 122 valence electrons. The van der Waals surface area contributed by atoms with E-state index >= 15 is 0 Å². The first kappa shape index (κ1) is 15.7. The van der Waals surface area contributed by atoms with Crippen molar-refractivity contribution in [1.29, 1.82) is 0 Å². The summed E-state index contributed by atoms with van der Waals surface area (Å²) in [6.07, 6.45) is 5.14. The van der Waals surface area contributed by atoms with Gasteiger partial charge in [0.15, 0.2) is 0 Å². The maximum Gasteiger partial charge on any atom is 0.223 e. The van der Waals surface area contributed by atoms with E-state index in [9.17, 15) is 4.79 Å². The Hall–Kier alpha value is -2.14. The highest BCUT2D eigenvalue weighted by atomic mass is 16.5. The molecule has 2 atom stereocenters. The van der Waals surface area contributed by atoms with E-state index in [0.29, 0.717) is 6.42 Å². The maximum atomic E-state index is 12.2. The zero-order chi connectivity index (χ0) is 16.1. The van der Waals surface area contributed by atoms with Gasteiger partial charge in [0.1, 0.15) is 5.82 Å². The Balaban J connectivity index is 1.64. The number of hydrogen-bond donors (Lipinski definition) is 2. The standard InChI is InChI=1S/C18H23N3O2/c1-2-15(20-17(22)11-14-9-6-10-23-14)18-19-12-16(21-18)13-7-4-3-5-8-13/h3-5,7-8,12,14-15H,2,6,9-11H2,1H3,(H,19,21)(H,20,22)/t14-,15+/m1/s1. The molecule has 0 saturated carbocycles. The minimum atomic E-state index is -0.0960. The number of aromatic nitrogens is 2. The van der Waals surface area contributed by atoms with E-state index in [1.807, 2.05) is 43.5 Å². The highest BCUT2D eigenvalue weighted by Crippen LogP contribution is 2.21. The lowest BCUT2D eigenvalue weighted by atomic mass is 10.1. The average Bonchev–Trinajstić information content (AvgIpc) is 3.25. The predicted octanol–water partition coefficient (Wildman–Crippen LogP) is 3.21. The number of nitrogens with one attached hydrogen (secondary N) is 2. The van der Waals surface area contributed by atoms with Gasteiger partial charge in [-0.3, -0.25) is 4.79 Å². The van der Waals surface area contributed by atoms with Crippen LogP contribution in [0.2, 0.25) is 0 Å². The van der Waals surface area contributed by atoms with Crippen molar-refractivity contribution in [3.63, 3.8) is 0 Å². The number of amides is 1. The molecule has 1 aromatic heterocycles. The molecular formula is C18H23N3O2. The van der Waals surface area contributed by atoms with E-state index in [0.717, 1.165) is 43.0 Å². The summed E-state index contributed by atoms with van der Waals surface area (Å²) in [5.41, 5.74) is 2.05. The summed E-state index contributed by atoms with van der Waals surface area (Å²) in [5, 5.41) is 3.06. The maximum absolute atomic E-state index is 12.2. The third-order valence-corrected chi connectivity index (χ3v) is 4.19. The molecule has 0 radical (unpaired) electrons. The summed E-state index contributed by atoms with van der Waals surface area (Å²) in [6, 6.07) is 9.96. The number of carbonyl (C=O) groups is 1. The summed E-state index contributed by atoms with van der Waals surface area (Å²) < 4.78 is 5.52. The number of nitrogens with zero attached hydrogens (tertiary/aromatic N) is 1. The number of aromatic amines is 1. The topological polar surface area (TPSA) is 67.0 Å². The molecule has 2 N–H and O–H groups in total. The predicted molar refractivity (Wildman–Crippen MR) is 88.8 cm³/mol. The van der Waals surface area contributed by atoms with Crippen molar-refractivity contribution < 1.29 is 9.53 Å². The molecule has 1 aromatic carbocycles. The van der Waals surface area contributed by atoms with Gasteiger partial charge in [0.25, 0.3) is 0 Å². The van der Waals surface area contributed by atoms with Gasteiger partial charge in [0.05, 0.1) is 30.5 Å². The molecular weight excluding hydrogens is 290 g/mol. The van der Waals surface area contributed by atoms with Gasteiger partial charge in [0, 0.05) is 6.61 Å². The van der Waals surface area contributed by atoms with Crippen LogP contribution in [-0.4, -0.2) is 28.6 Å². The Morgan fingerprint density at radius 2 is 2.26 bits per heavy atom. The number of H-pyrrole nitrogens is 1. The highest BCUT2D eigenvalue weighted by Gasteiger charge is 2.22. The molecule has 0 bridgehead atoms. The fourth-order valence-electron chi connectivity index (χ4n) is 2.91. The molecule has 2 aromatic rings. The zero-order valence-electron chi connectivity index (χ0n) is 13.4. The zero-order valence-corrected chi connectivity index (χ0v) is 13.4. The quantitative estimate of drug-likeness (QED) is 0.860. The van der Waals surface area contributed by atoms with Crippen molar-refractivity contribution in [3.8, 4) is 11.3 Å². The summed E-state index contributed by atoms with van der Waals surface area (Å²) in [5.74, 6) is 0.827. The van der Waals surface area contributed by atoms with Crippen LogP contribution in [0.4, 0.5) is 0 Å². The number of carbonyl (C=O) groups excluding carboxylic acids is 1. The molecule has 1 saturated heterocycles. The highest BCUT2D eigenvalue weighted by molar-refractivity contribution is 5.77. The van der Waals surface area contributed by atoms with Gasteiger partial charge in [-0.05, 0) is 24.8 Å². The van der Waals surface area contributed by atoms with E-state index in [-0.39, 0.29) is 18.1 Å². The van der Waals surface area contributed by atoms with Gasteiger partial charge < -0.3 is 15.0 Å². The third kappa shape index (κ3) is 3.99. The van der Waals surface area contributed by atoms with Crippen LogP contribution in [-0.2, 0) is 9.53 Å². The Morgan fingerprint density at radius 1 is 1.43 bits per heavy atom. The van der Waals surface area contributed by atoms with Gasteiger partial charge >= 0.3 is 0 Å². The summed E-state index contributed by atoms with van der Waals surface area (Å²) in [4.78, 5) is 20.0. The number of rotatable bonds is 6. The van der Waals surface area contributed by atoms with Gasteiger partial charge in [-0.1, -0.05) is 37.3 Å². The van der Waals surface area contributed by atoms with E-state index in [2.05, 4.69) is 15.3 Å². The van der Waals surface area contributed by atoms with Crippen LogP contribution in [0.15, 0.2) is 36.5 Å². The lowest BCUT2D eigenvalue weighted by Crippen LogP contribution is -2.31. The van der Waals surface area contributed by atoms with E-state index in [4.69, 9.17) is 4.74 Å². The summed E-state index contributed by atoms with van der Waals surface area (Å²) >= 11 is 0. The monoisotopic (exact) mass is 313 g/mol. The molecule has 1 fully saturated rings. The smallest absolute Gasteiger partial charge is 0.223 e. The molecule has 3 rings (SSSR count). The van der Waals surface area contributed by atoms with Crippen LogP contribution in [0.5, 0.6) is 0 Å². The molecule has 1 amide bonds. The van der Waals surface area contributed by atoms with Gasteiger partial charge in [-0.25, -0.2) is 4.98 Å². The van der Waals surface area contributed by atoms with Gasteiger partial charge in [-0.2, -0.15) is 0 Å². The lowest BCUT2D eigenvalue weighted by Gasteiger charge is -2.16. The lowest BCUT2D eigenvalue weighted by molar-refractivity contribution is -0.124. The average molecular weight is 313 g/mol. The molecule has 0 unspecified atom stereocenters. The Labute approximate surface area is 136 Å². The van der Waals surface area contributed by atoms with Crippen LogP contribution < -0.4 is 5.32 Å². The third-order valence-electron chi connectivity index (χ3n) is 4.19. The molecule has 5 heteroatoms. The SMILES string of the molecule is CC[C@H](NC(=O)C[C@H]1CCCO1)c1ncc(-c2ccccc2)[nH]1. The van der Waals surface area contributed by atoms with Crippen LogP contribution in [0, 0.1) is 0 Å². The van der Waals surface area contributed by atoms with Crippen LogP contribution in [0.1, 0.15) is 44.5 Å². The van der Waals surface area contributed by atoms with Crippen LogP contribution in [0.3, 0.4) is 0 Å². The van der Waals surface area contributed by atoms with Gasteiger partial charge in [0.2, 0.25) is 5.91 Å². The normalized spacial score (nSPS) is 18.7. The molecule has 2 heterocycles. The van der Waals surface area contributed by atoms with Crippen molar-refractivity contribution in [2.24, 2.45) is 0 Å². The second kappa shape index (κ2) is 7.42. The molecule has 0 spiro atoms. The number of imidazole rings is 1. The number of benzene rings is 1. The first-order chi connectivity index (χ1) is 11.3. The van der Waals surface area contributed by atoms with E-state index in [1.165, 1.54) is 0 Å². The van der Waals surface area contributed by atoms with Crippen LogP contribution in [0.25, 0.3) is 11.3 Å². The first-order valence-electron chi connectivity index (χ1n) is 8.27. The van der Waals surface area contributed by atoms with E-state index < -0.39 is 0 Å². The first-order valence-corrected chi connectivity index (χ1v) is 8.27. The van der Waals surface area contributed by atoms with E-state index in [1.54, 1.807) is 0 Å². The minimum Gasteiger partial charge on any atom is -0.378 e. The molecule has 0 aliphatic carbocycles. The van der Waals surface area contributed by atoms with Crippen LogP contribution >= 0.6 is 0 Å². The second-order valence-corrected chi connectivity index (χ2v) is 5.92. The molecule has 23 heavy (non-hydrogen) atoms. The Bertz CT molecular complexity index is 633. The fourth-order valence-corrected chi connectivity index (χ4v) is 2.91. The minimum absolute atomic E-state index is 0.0291. The second-order valence-electron chi connectivity index (χ2n) is 5.92. The molecule has 5 nitrogen and oxygen atoms in total. The Morgan fingerprint density at radius 3 is 2.96 bits per heavy atom. The number of hydrogen-bond acceptors (Lipinski definition) is 3. The fraction of sp³-hybridized carbons (Fsp3) is 0.444. The van der Waals surface area contributed by atoms with Crippen molar-refractivity contribution in [3.05, 3.63) is 42.4 Å². The van der Waals surface area contributed by atoms with Crippen molar-refractivity contribution in [2.75, 3.05) is 6.61 Å². The van der Waals surface area contributed by atoms with Gasteiger partial charge in [-0.15, -0.1) is 0 Å². The summed E-state index contributed by atoms with van der Waals surface area (Å²) in [7, 11) is 0. The molecule has 1 aliphatic heterocycles. The largest absolute Gasteiger partial charge is 0.378 e. The van der Waals surface area contributed by atoms with Crippen molar-refractivity contribution in [2.45, 2.75) is 44.8 Å². The van der Waals surface area contributed by atoms with Crippen molar-refractivity contribution >= 4 is 5.91 Å². The molecule has 1 aliphatic rings. The Kier molecular flexibility index (Phi) is 5.08. The van der Waals surface area contributed by atoms with Crippen molar-refractivity contribution in [1.82, 2.24) is 15.3 Å². The summed E-state index contributed by atoms with van der Waals surface area (Å²) in [6.45, 7) is 2.81. The number of ether oxygens (including phenoxy) is 1.